The maximum Gasteiger partial charge on any atom is 0.220 e. The number of hydrogen-bond acceptors (Lipinski definition) is 13. The van der Waals surface area contributed by atoms with Gasteiger partial charge in [-0.15, -0.1) is 0 Å². The fraction of sp³-hybridized carbons (Fsp3) is 0.954. The molecular formula is C65H125NO13. The Balaban J connectivity index is 1.70. The molecule has 0 aromatic carbocycles. The minimum absolute atomic E-state index is 0.202. The number of nitrogens with one attached hydrogen (secondary N) is 1. The molecule has 79 heavy (non-hydrogen) atoms. The molecule has 0 radical (unpaired) electrons. The molecule has 0 aromatic rings. The summed E-state index contributed by atoms with van der Waals surface area (Å²) in [5.74, 6) is -0.202. The average molecular weight is 1130 g/mol. The van der Waals surface area contributed by atoms with Crippen molar-refractivity contribution in [3.63, 3.8) is 0 Å². The molecular weight excluding hydrogens is 1000 g/mol. The minimum Gasteiger partial charge on any atom is -0.394 e. The van der Waals surface area contributed by atoms with Crippen LogP contribution in [0.4, 0.5) is 0 Å². The molecule has 0 saturated carbocycles. The summed E-state index contributed by atoms with van der Waals surface area (Å²) in [5, 5.41) is 87.5. The number of hydrogen-bond donors (Lipinski definition) is 9. The van der Waals surface area contributed by atoms with E-state index in [1.165, 1.54) is 225 Å². The second-order valence-electron chi connectivity index (χ2n) is 24.0. The predicted octanol–water partition coefficient (Wildman–Crippen LogP) is 12.6. The van der Waals surface area contributed by atoms with Crippen LogP contribution in [0, 0.1) is 0 Å². The molecule has 2 rings (SSSR count). The van der Waals surface area contributed by atoms with Crippen LogP contribution in [0.15, 0.2) is 12.2 Å². The number of ether oxygens (including phenoxy) is 4. The summed E-state index contributed by atoms with van der Waals surface area (Å²) >= 11 is 0. The summed E-state index contributed by atoms with van der Waals surface area (Å²) in [6.07, 6.45) is 43.6. The van der Waals surface area contributed by atoms with E-state index in [4.69, 9.17) is 18.9 Å². The Labute approximate surface area is 482 Å². The summed E-state index contributed by atoms with van der Waals surface area (Å²) in [4.78, 5) is 13.3. The van der Waals surface area contributed by atoms with Crippen LogP contribution in [0.1, 0.15) is 303 Å². The van der Waals surface area contributed by atoms with E-state index in [1.54, 1.807) is 0 Å². The van der Waals surface area contributed by atoms with Gasteiger partial charge in [0, 0.05) is 6.42 Å². The average Bonchev–Trinajstić information content (AvgIpc) is 3.47. The van der Waals surface area contributed by atoms with E-state index in [-0.39, 0.29) is 12.5 Å². The maximum atomic E-state index is 13.3. The van der Waals surface area contributed by atoms with Crippen LogP contribution in [0.3, 0.4) is 0 Å². The lowest BCUT2D eigenvalue weighted by Crippen LogP contribution is -2.65. The van der Waals surface area contributed by atoms with E-state index in [2.05, 4.69) is 31.3 Å². The summed E-state index contributed by atoms with van der Waals surface area (Å²) in [5.41, 5.74) is 0. The first-order chi connectivity index (χ1) is 38.6. The van der Waals surface area contributed by atoms with Gasteiger partial charge in [-0.3, -0.25) is 4.79 Å². The molecule has 9 N–H and O–H groups in total. The van der Waals surface area contributed by atoms with Crippen LogP contribution in [0.2, 0.25) is 0 Å². The molecule has 0 aliphatic carbocycles. The highest BCUT2D eigenvalue weighted by atomic mass is 16.7. The van der Waals surface area contributed by atoms with Crippen molar-refractivity contribution in [2.75, 3.05) is 19.8 Å². The van der Waals surface area contributed by atoms with Gasteiger partial charge in [-0.25, -0.2) is 0 Å². The molecule has 0 aromatic heterocycles. The number of unbranched alkanes of at least 4 members (excludes halogenated alkanes) is 40. The molecule has 14 nitrogen and oxygen atoms in total. The zero-order valence-corrected chi connectivity index (χ0v) is 50.6. The van der Waals surface area contributed by atoms with Gasteiger partial charge in [-0.1, -0.05) is 270 Å². The number of carbonyl (C=O) groups excluding carboxylic acids is 1. The van der Waals surface area contributed by atoms with Crippen LogP contribution in [0.5, 0.6) is 0 Å². The van der Waals surface area contributed by atoms with Crippen molar-refractivity contribution in [3.05, 3.63) is 12.2 Å². The molecule has 2 aliphatic rings. The smallest absolute Gasteiger partial charge is 0.220 e. The number of allylic oxidation sites excluding steroid dienone is 2. The number of amides is 1. The number of carbonyl (C=O) groups is 1. The molecule has 2 fully saturated rings. The number of aliphatic hydroxyl groups excluding tert-OH is 8. The van der Waals surface area contributed by atoms with Crippen molar-refractivity contribution < 1.29 is 64.6 Å². The van der Waals surface area contributed by atoms with Crippen molar-refractivity contribution in [2.24, 2.45) is 0 Å². The third kappa shape index (κ3) is 36.2. The highest BCUT2D eigenvalue weighted by Crippen LogP contribution is 2.30. The normalized spacial score (nSPS) is 24.4. The van der Waals surface area contributed by atoms with Gasteiger partial charge in [0.1, 0.15) is 48.8 Å². The monoisotopic (exact) mass is 1130 g/mol. The van der Waals surface area contributed by atoms with Gasteiger partial charge in [0.25, 0.3) is 0 Å². The van der Waals surface area contributed by atoms with Gasteiger partial charge >= 0.3 is 0 Å². The number of aliphatic hydroxyl groups is 8. The first kappa shape index (κ1) is 73.8. The molecule has 0 bridgehead atoms. The first-order valence-corrected chi connectivity index (χ1v) is 33.4. The summed E-state index contributed by atoms with van der Waals surface area (Å²) in [6, 6.07) is -0.827. The Morgan fingerprint density at radius 1 is 0.443 bits per heavy atom. The van der Waals surface area contributed by atoms with Gasteiger partial charge in [0.15, 0.2) is 12.6 Å². The quantitative estimate of drug-likeness (QED) is 0.0204. The maximum absolute atomic E-state index is 13.3. The van der Waals surface area contributed by atoms with E-state index >= 15 is 0 Å². The van der Waals surface area contributed by atoms with Crippen LogP contribution >= 0.6 is 0 Å². The van der Waals surface area contributed by atoms with Gasteiger partial charge in [0.2, 0.25) is 5.91 Å². The third-order valence-corrected chi connectivity index (χ3v) is 16.7. The van der Waals surface area contributed by atoms with Crippen molar-refractivity contribution in [1.29, 1.82) is 0 Å². The second kappa shape index (κ2) is 51.2. The lowest BCUT2D eigenvalue weighted by molar-refractivity contribution is -0.359. The zero-order valence-electron chi connectivity index (χ0n) is 50.6. The minimum atomic E-state index is -1.78. The third-order valence-electron chi connectivity index (χ3n) is 16.7. The van der Waals surface area contributed by atoms with Gasteiger partial charge in [-0.2, -0.15) is 0 Å². The van der Waals surface area contributed by atoms with E-state index in [0.29, 0.717) is 12.8 Å². The lowest BCUT2D eigenvalue weighted by Gasteiger charge is -2.46. The second-order valence-corrected chi connectivity index (χ2v) is 24.0. The summed E-state index contributed by atoms with van der Waals surface area (Å²) in [7, 11) is 0. The summed E-state index contributed by atoms with van der Waals surface area (Å²) in [6.45, 7) is 2.91. The zero-order chi connectivity index (χ0) is 57.4. The van der Waals surface area contributed by atoms with Crippen LogP contribution in [-0.4, -0.2) is 140 Å². The van der Waals surface area contributed by atoms with E-state index < -0.39 is 86.8 Å². The van der Waals surface area contributed by atoms with Crippen molar-refractivity contribution in [2.45, 2.75) is 376 Å². The Bertz CT molecular complexity index is 1380. The van der Waals surface area contributed by atoms with E-state index in [9.17, 15) is 45.6 Å². The highest BCUT2D eigenvalue weighted by molar-refractivity contribution is 5.76. The van der Waals surface area contributed by atoms with Crippen molar-refractivity contribution in [1.82, 2.24) is 5.32 Å². The number of rotatable bonds is 55. The largest absolute Gasteiger partial charge is 0.394 e. The van der Waals surface area contributed by atoms with Gasteiger partial charge in [0.05, 0.1) is 32.0 Å². The SMILES string of the molecule is CCCCCCCCCC/C=C\CCCCCCCCCCCCCC(=O)NC(COC1OC(CO)C(OC2OC(CO)C(O)C(O)C2O)C(O)C1O)C(O)CCCCCCCCCCCCCCCCCCCCCCCC. The molecule has 468 valence electrons. The Morgan fingerprint density at radius 3 is 1.20 bits per heavy atom. The van der Waals surface area contributed by atoms with Gasteiger partial charge in [-0.05, 0) is 38.5 Å². The molecule has 2 saturated heterocycles. The molecule has 1 amide bonds. The first-order valence-electron chi connectivity index (χ1n) is 33.4. The Morgan fingerprint density at radius 2 is 0.797 bits per heavy atom. The highest BCUT2D eigenvalue weighted by Gasteiger charge is 2.51. The van der Waals surface area contributed by atoms with Gasteiger partial charge < -0.3 is 65.1 Å². The molecule has 0 spiro atoms. The Kier molecular flexibility index (Phi) is 47.8. The lowest BCUT2D eigenvalue weighted by atomic mass is 9.97. The molecule has 2 heterocycles. The van der Waals surface area contributed by atoms with E-state index in [0.717, 1.165) is 51.4 Å². The molecule has 12 atom stereocenters. The Hall–Kier alpha value is -1.27. The van der Waals surface area contributed by atoms with Crippen molar-refractivity contribution >= 4 is 5.91 Å². The van der Waals surface area contributed by atoms with Crippen LogP contribution in [-0.2, 0) is 23.7 Å². The summed E-state index contributed by atoms with van der Waals surface area (Å²) < 4.78 is 22.9. The predicted molar refractivity (Wildman–Crippen MR) is 319 cm³/mol. The fourth-order valence-electron chi connectivity index (χ4n) is 11.4. The topological polar surface area (TPSA) is 228 Å². The molecule has 12 unspecified atom stereocenters. The standard InChI is InChI=1S/C65H125NO13/c1-3-5-7-9-11-13-15-17-19-21-23-25-27-29-31-33-35-37-39-41-43-45-47-49-57(70)66-53(52-76-64-62(75)60(73)63(56(51-68)78-64)79-65-61(74)59(72)58(71)55(50-67)77-65)54(69)48-46-44-42-40-38-36-34-32-30-28-26-24-22-20-18-16-14-12-10-8-6-4-2/h21,23,53-56,58-65,67-69,71-75H,3-20,22,24-52H2,1-2H3,(H,66,70)/b23-21-. The van der Waals surface area contributed by atoms with Crippen molar-refractivity contribution in [3.8, 4) is 0 Å². The molecule has 2 aliphatic heterocycles. The van der Waals surface area contributed by atoms with Crippen LogP contribution < -0.4 is 5.32 Å². The fourth-order valence-corrected chi connectivity index (χ4v) is 11.4. The van der Waals surface area contributed by atoms with Crippen LogP contribution in [0.25, 0.3) is 0 Å². The van der Waals surface area contributed by atoms with E-state index in [1.807, 2.05) is 0 Å². The molecule has 14 heteroatoms.